The monoisotopic (exact) mass is 511 g/mol. The van der Waals surface area contributed by atoms with E-state index < -0.39 is 0 Å². The molecule has 6 aromatic carbocycles. The second-order valence-electron chi connectivity index (χ2n) is 10.3. The van der Waals surface area contributed by atoms with Crippen molar-refractivity contribution in [1.29, 1.82) is 0 Å². The van der Waals surface area contributed by atoms with E-state index in [1.807, 2.05) is 36.4 Å². The summed E-state index contributed by atoms with van der Waals surface area (Å²) in [6.45, 7) is 0. The zero-order valence-electron chi connectivity index (χ0n) is 21.4. The van der Waals surface area contributed by atoms with Gasteiger partial charge in [0.15, 0.2) is 0 Å². The SMILES string of the molecule is c1ccc2cc3c(cc2c1)c1ccccc1n3-c1nc(-c2ccc3oc4ccccc4c3c2)c2ccccc2n1. The highest BCUT2D eigenvalue weighted by molar-refractivity contribution is 6.13. The van der Waals surface area contributed by atoms with Crippen molar-refractivity contribution in [3.05, 3.63) is 127 Å². The third-order valence-electron chi connectivity index (χ3n) is 7.98. The van der Waals surface area contributed by atoms with Crippen molar-refractivity contribution in [2.24, 2.45) is 0 Å². The molecule has 4 heteroatoms. The summed E-state index contributed by atoms with van der Waals surface area (Å²) >= 11 is 0. The number of furan rings is 1. The Balaban J connectivity index is 1.38. The van der Waals surface area contributed by atoms with Crippen LogP contribution in [0.4, 0.5) is 0 Å². The van der Waals surface area contributed by atoms with Crippen molar-refractivity contribution in [1.82, 2.24) is 14.5 Å². The van der Waals surface area contributed by atoms with Crippen LogP contribution in [0, 0.1) is 0 Å². The number of hydrogen-bond acceptors (Lipinski definition) is 3. The van der Waals surface area contributed by atoms with Crippen LogP contribution in [0.1, 0.15) is 0 Å². The van der Waals surface area contributed by atoms with Crippen molar-refractivity contribution in [3.8, 4) is 17.2 Å². The molecule has 0 atom stereocenters. The molecule has 0 radical (unpaired) electrons. The molecule has 0 saturated heterocycles. The second-order valence-corrected chi connectivity index (χ2v) is 10.3. The summed E-state index contributed by atoms with van der Waals surface area (Å²) in [6, 6.07) is 44.3. The van der Waals surface area contributed by atoms with E-state index in [9.17, 15) is 0 Å². The lowest BCUT2D eigenvalue weighted by Crippen LogP contribution is -2.03. The maximum absolute atomic E-state index is 6.11. The highest BCUT2D eigenvalue weighted by atomic mass is 16.3. The quantitative estimate of drug-likeness (QED) is 0.232. The normalized spacial score (nSPS) is 12.0. The molecule has 3 heterocycles. The van der Waals surface area contributed by atoms with Crippen LogP contribution in [0.3, 0.4) is 0 Å². The van der Waals surface area contributed by atoms with Crippen molar-refractivity contribution in [2.75, 3.05) is 0 Å². The lowest BCUT2D eigenvalue weighted by molar-refractivity contribution is 0.669. The van der Waals surface area contributed by atoms with Gasteiger partial charge in [-0.15, -0.1) is 0 Å². The molecule has 40 heavy (non-hydrogen) atoms. The topological polar surface area (TPSA) is 43.9 Å². The molecule has 9 aromatic rings. The first-order valence-corrected chi connectivity index (χ1v) is 13.4. The molecular formula is C36H21N3O. The third-order valence-corrected chi connectivity index (χ3v) is 7.98. The molecule has 0 saturated carbocycles. The molecule has 0 aliphatic heterocycles. The summed E-state index contributed by atoms with van der Waals surface area (Å²) in [4.78, 5) is 10.4. The van der Waals surface area contributed by atoms with Crippen LogP contribution >= 0.6 is 0 Å². The Kier molecular flexibility index (Phi) is 4.30. The van der Waals surface area contributed by atoms with E-state index in [0.717, 1.165) is 55.1 Å². The summed E-state index contributed by atoms with van der Waals surface area (Å²) in [6.07, 6.45) is 0. The average Bonchev–Trinajstić information content (AvgIpc) is 3.54. The molecule has 4 nitrogen and oxygen atoms in total. The fourth-order valence-corrected chi connectivity index (χ4v) is 6.13. The summed E-state index contributed by atoms with van der Waals surface area (Å²) < 4.78 is 8.32. The number of para-hydroxylation sites is 3. The van der Waals surface area contributed by atoms with Gasteiger partial charge in [-0.05, 0) is 59.3 Å². The van der Waals surface area contributed by atoms with Crippen LogP contribution in [0.15, 0.2) is 132 Å². The maximum atomic E-state index is 6.11. The highest BCUT2D eigenvalue weighted by Crippen LogP contribution is 2.37. The summed E-state index contributed by atoms with van der Waals surface area (Å²) in [5, 5.41) is 8.00. The van der Waals surface area contributed by atoms with Gasteiger partial charge in [0, 0.05) is 32.5 Å². The van der Waals surface area contributed by atoms with Crippen molar-refractivity contribution in [2.45, 2.75) is 0 Å². The summed E-state index contributed by atoms with van der Waals surface area (Å²) in [5.41, 5.74) is 6.79. The van der Waals surface area contributed by atoms with Gasteiger partial charge in [-0.2, -0.15) is 0 Å². The first-order valence-electron chi connectivity index (χ1n) is 13.4. The minimum Gasteiger partial charge on any atom is -0.456 e. The molecule has 3 aromatic heterocycles. The van der Waals surface area contributed by atoms with Gasteiger partial charge in [0.2, 0.25) is 5.95 Å². The Bertz CT molecular complexity index is 2450. The molecule has 0 N–H and O–H groups in total. The number of rotatable bonds is 2. The van der Waals surface area contributed by atoms with Crippen molar-refractivity contribution >= 4 is 65.4 Å². The second kappa shape index (κ2) is 8.01. The number of nitrogens with zero attached hydrogens (tertiary/aromatic N) is 3. The molecule has 0 spiro atoms. The lowest BCUT2D eigenvalue weighted by Gasteiger charge is -2.12. The zero-order chi connectivity index (χ0) is 26.2. The van der Waals surface area contributed by atoms with Crippen LogP contribution in [-0.4, -0.2) is 14.5 Å². The number of benzene rings is 6. The number of fused-ring (bicyclic) bond motifs is 8. The first-order chi connectivity index (χ1) is 19.8. The zero-order valence-corrected chi connectivity index (χ0v) is 21.4. The summed E-state index contributed by atoms with van der Waals surface area (Å²) in [5.74, 6) is 0.660. The predicted octanol–water partition coefficient (Wildman–Crippen LogP) is 9.45. The van der Waals surface area contributed by atoms with Gasteiger partial charge >= 0.3 is 0 Å². The fourth-order valence-electron chi connectivity index (χ4n) is 6.13. The van der Waals surface area contributed by atoms with Crippen LogP contribution in [0.5, 0.6) is 0 Å². The smallest absolute Gasteiger partial charge is 0.235 e. The van der Waals surface area contributed by atoms with Gasteiger partial charge in [-0.3, -0.25) is 4.57 Å². The first kappa shape index (κ1) is 21.5. The minimum absolute atomic E-state index is 0.660. The molecule has 9 rings (SSSR count). The molecule has 0 unspecified atom stereocenters. The third kappa shape index (κ3) is 3.01. The molecular weight excluding hydrogens is 490 g/mol. The van der Waals surface area contributed by atoms with Gasteiger partial charge in [0.05, 0.1) is 22.2 Å². The maximum Gasteiger partial charge on any atom is 0.235 e. The molecule has 186 valence electrons. The Labute approximate surface area is 228 Å². The van der Waals surface area contributed by atoms with Crippen LogP contribution in [-0.2, 0) is 0 Å². The van der Waals surface area contributed by atoms with Crippen molar-refractivity contribution in [3.63, 3.8) is 0 Å². The van der Waals surface area contributed by atoms with Gasteiger partial charge in [0.1, 0.15) is 11.2 Å². The number of hydrogen-bond donors (Lipinski definition) is 0. The summed E-state index contributed by atoms with van der Waals surface area (Å²) in [7, 11) is 0. The van der Waals surface area contributed by atoms with Crippen LogP contribution in [0.25, 0.3) is 82.6 Å². The van der Waals surface area contributed by atoms with Crippen LogP contribution in [0.2, 0.25) is 0 Å². The van der Waals surface area contributed by atoms with Gasteiger partial charge < -0.3 is 4.42 Å². The van der Waals surface area contributed by atoms with E-state index in [1.54, 1.807) is 0 Å². The van der Waals surface area contributed by atoms with E-state index in [2.05, 4.69) is 95.6 Å². The largest absolute Gasteiger partial charge is 0.456 e. The minimum atomic E-state index is 0.660. The van der Waals surface area contributed by atoms with Gasteiger partial charge in [0.25, 0.3) is 0 Å². The lowest BCUT2D eigenvalue weighted by atomic mass is 10.0. The standard InChI is InChI=1S/C36H21N3O/c1-2-10-23-21-32-28(19-22(23)9-1)25-11-4-7-15-31(25)39(32)36-37-30-14-6-3-13-27(30)35(38-36)24-17-18-34-29(20-24)26-12-5-8-16-33(26)40-34/h1-21H. The van der Waals surface area contributed by atoms with Crippen molar-refractivity contribution < 1.29 is 4.42 Å². The Morgan fingerprint density at radius 1 is 0.475 bits per heavy atom. The Morgan fingerprint density at radius 3 is 2.08 bits per heavy atom. The average molecular weight is 512 g/mol. The Morgan fingerprint density at radius 2 is 1.18 bits per heavy atom. The highest BCUT2D eigenvalue weighted by Gasteiger charge is 2.18. The Hall–Kier alpha value is -5.48. The van der Waals surface area contributed by atoms with E-state index in [4.69, 9.17) is 14.4 Å². The molecule has 0 bridgehead atoms. The molecule has 0 fully saturated rings. The molecule has 0 aliphatic carbocycles. The predicted molar refractivity (Wildman–Crippen MR) is 164 cm³/mol. The number of aromatic nitrogens is 3. The van der Waals surface area contributed by atoms with E-state index in [0.29, 0.717) is 5.95 Å². The molecule has 0 amide bonds. The fraction of sp³-hybridized carbons (Fsp3) is 0. The molecule has 0 aliphatic rings. The van der Waals surface area contributed by atoms with E-state index >= 15 is 0 Å². The van der Waals surface area contributed by atoms with Crippen LogP contribution < -0.4 is 0 Å². The van der Waals surface area contributed by atoms with Gasteiger partial charge in [-0.25, -0.2) is 9.97 Å². The van der Waals surface area contributed by atoms with E-state index in [-0.39, 0.29) is 0 Å². The van der Waals surface area contributed by atoms with Gasteiger partial charge in [-0.1, -0.05) is 78.9 Å². The van der Waals surface area contributed by atoms with E-state index in [1.165, 1.54) is 21.5 Å².